The summed E-state index contributed by atoms with van der Waals surface area (Å²) < 4.78 is 8.30. The molecule has 3 aromatic heterocycles. The number of nitrogens with zero attached hydrogens (tertiary/aromatic N) is 3. The molecule has 0 atom stereocenters. The molecule has 0 unspecified atom stereocenters. The van der Waals surface area contributed by atoms with Crippen LogP contribution in [0.15, 0.2) is 79.0 Å². The van der Waals surface area contributed by atoms with Gasteiger partial charge in [-0.2, -0.15) is 6.07 Å². The summed E-state index contributed by atoms with van der Waals surface area (Å²) >= 11 is 0. The molecule has 6 heteroatoms. The van der Waals surface area contributed by atoms with Gasteiger partial charge in [-0.3, -0.25) is 0 Å². The van der Waals surface area contributed by atoms with Gasteiger partial charge >= 0.3 is 0 Å². The van der Waals surface area contributed by atoms with Crippen LogP contribution in [0.5, 0.6) is 17.4 Å². The number of pyridine rings is 2. The second kappa shape index (κ2) is 9.99. The van der Waals surface area contributed by atoms with Crippen molar-refractivity contribution in [3.05, 3.63) is 96.2 Å². The van der Waals surface area contributed by atoms with Crippen molar-refractivity contribution in [2.75, 3.05) is 0 Å². The molecule has 5 nitrogen and oxygen atoms in total. The number of aromatic hydroxyl groups is 1. The Morgan fingerprint density at radius 1 is 0.946 bits per heavy atom. The Balaban J connectivity index is 0.00000280. The van der Waals surface area contributed by atoms with Crippen molar-refractivity contribution < 1.29 is 30.9 Å². The Labute approximate surface area is 230 Å². The van der Waals surface area contributed by atoms with E-state index in [-0.39, 0.29) is 26.8 Å². The minimum absolute atomic E-state index is 0. The Kier molecular flexibility index (Phi) is 6.74. The van der Waals surface area contributed by atoms with Gasteiger partial charge in [0, 0.05) is 50.0 Å². The molecule has 0 aliphatic heterocycles. The maximum absolute atomic E-state index is 10.4. The average molecular weight is 668 g/mol. The Morgan fingerprint density at radius 2 is 1.76 bits per heavy atom. The van der Waals surface area contributed by atoms with Crippen LogP contribution in [0.4, 0.5) is 0 Å². The largest absolute Gasteiger partial charge is 0.506 e. The number of phenols is 1. The molecule has 6 aromatic rings. The molecule has 0 aliphatic carbocycles. The summed E-state index contributed by atoms with van der Waals surface area (Å²) in [5.41, 5.74) is 4.85. The fourth-order valence-electron chi connectivity index (χ4n) is 4.81. The van der Waals surface area contributed by atoms with Crippen LogP contribution in [0.1, 0.15) is 37.8 Å². The van der Waals surface area contributed by atoms with E-state index in [1.807, 2.05) is 42.6 Å². The topological polar surface area (TPSA) is 60.2 Å². The fourth-order valence-corrected chi connectivity index (χ4v) is 4.81. The van der Waals surface area contributed by atoms with E-state index in [4.69, 9.17) is 9.72 Å². The zero-order chi connectivity index (χ0) is 24.8. The molecule has 0 bridgehead atoms. The molecule has 0 amide bonds. The predicted molar refractivity (Wildman–Crippen MR) is 144 cm³/mol. The molecule has 1 N–H and O–H groups in total. The van der Waals surface area contributed by atoms with Crippen LogP contribution < -0.4 is 4.74 Å². The monoisotopic (exact) mass is 667 g/mol. The van der Waals surface area contributed by atoms with Crippen molar-refractivity contribution in [3.63, 3.8) is 0 Å². The maximum atomic E-state index is 10.4. The first kappa shape index (κ1) is 25.0. The number of aromatic nitrogens is 3. The summed E-state index contributed by atoms with van der Waals surface area (Å²) in [6.07, 6.45) is 2.72. The van der Waals surface area contributed by atoms with Gasteiger partial charge in [0.1, 0.15) is 17.1 Å². The molecule has 6 rings (SSSR count). The minimum atomic E-state index is 0. The molecule has 0 radical (unpaired) electrons. The van der Waals surface area contributed by atoms with Gasteiger partial charge in [0.15, 0.2) is 0 Å². The van der Waals surface area contributed by atoms with E-state index in [0.717, 1.165) is 45.0 Å². The fraction of sp³-hybridized carbons (Fsp3) is 0.161. The van der Waals surface area contributed by atoms with E-state index in [9.17, 15) is 5.11 Å². The SMILES string of the molecule is CCc1ccc(O)c2nc(Oc3[c-]c4c(cc3)c3ccccc3n4-c3cc(C(C)C)ccn3)ccc12.[Pt]. The van der Waals surface area contributed by atoms with Gasteiger partial charge in [-0.15, -0.1) is 17.5 Å². The minimum Gasteiger partial charge on any atom is -0.506 e. The van der Waals surface area contributed by atoms with Crippen molar-refractivity contribution in [2.45, 2.75) is 33.1 Å². The van der Waals surface area contributed by atoms with E-state index in [0.29, 0.717) is 23.1 Å². The Bertz CT molecular complexity index is 1760. The van der Waals surface area contributed by atoms with E-state index in [1.54, 1.807) is 6.07 Å². The summed E-state index contributed by atoms with van der Waals surface area (Å²) in [7, 11) is 0. The number of benzene rings is 3. The summed E-state index contributed by atoms with van der Waals surface area (Å²) in [6.45, 7) is 6.45. The second-order valence-electron chi connectivity index (χ2n) is 9.28. The summed E-state index contributed by atoms with van der Waals surface area (Å²) in [5.74, 6) is 2.34. The molecule has 0 aliphatic rings. The van der Waals surface area contributed by atoms with Gasteiger partial charge in [-0.05, 0) is 59.2 Å². The molecule has 188 valence electrons. The van der Waals surface area contributed by atoms with E-state index in [1.165, 1.54) is 5.56 Å². The first-order valence-electron chi connectivity index (χ1n) is 12.2. The van der Waals surface area contributed by atoms with Crippen LogP contribution in [-0.2, 0) is 27.5 Å². The molecule has 3 aromatic carbocycles. The average Bonchev–Trinajstić information content (AvgIpc) is 3.23. The standard InChI is InChI=1S/C31H26N3O2.Pt/c1-4-20-9-13-28(35)31-23(20)12-14-30(33-31)36-22-10-11-25-24-7-5-6-8-26(24)34(27(25)18-22)29-17-21(19(2)3)15-16-32-29;/h5-17,19,35H,4H2,1-3H3;/q-1;. The second-order valence-corrected chi connectivity index (χ2v) is 9.28. The molecule has 0 spiro atoms. The van der Waals surface area contributed by atoms with Crippen molar-refractivity contribution >= 4 is 32.7 Å². The Morgan fingerprint density at radius 3 is 2.57 bits per heavy atom. The third kappa shape index (κ3) is 4.38. The number of aryl methyl sites for hydroxylation is 1. The number of rotatable bonds is 5. The predicted octanol–water partition coefficient (Wildman–Crippen LogP) is 7.71. The summed E-state index contributed by atoms with van der Waals surface area (Å²) in [5, 5.41) is 13.5. The van der Waals surface area contributed by atoms with Crippen molar-refractivity contribution in [1.82, 2.24) is 14.5 Å². The number of ether oxygens (including phenoxy) is 1. The van der Waals surface area contributed by atoms with Gasteiger partial charge in [0.25, 0.3) is 0 Å². The maximum Gasteiger partial charge on any atom is 0.217 e. The van der Waals surface area contributed by atoms with Gasteiger partial charge in [0.05, 0.1) is 0 Å². The molecule has 0 saturated heterocycles. The van der Waals surface area contributed by atoms with E-state index >= 15 is 0 Å². The van der Waals surface area contributed by atoms with E-state index < -0.39 is 0 Å². The van der Waals surface area contributed by atoms with Crippen LogP contribution in [0.3, 0.4) is 0 Å². The normalized spacial score (nSPS) is 11.4. The number of fused-ring (bicyclic) bond motifs is 4. The van der Waals surface area contributed by atoms with Crippen molar-refractivity contribution in [1.29, 1.82) is 0 Å². The molecular weight excluding hydrogens is 641 g/mol. The first-order chi connectivity index (χ1) is 17.5. The third-order valence-electron chi connectivity index (χ3n) is 6.72. The van der Waals surface area contributed by atoms with Crippen LogP contribution in [0.25, 0.3) is 38.5 Å². The Hall–Kier alpha value is -3.69. The number of hydrogen-bond donors (Lipinski definition) is 1. The van der Waals surface area contributed by atoms with Crippen LogP contribution >= 0.6 is 0 Å². The number of hydrogen-bond acceptors (Lipinski definition) is 4. The van der Waals surface area contributed by atoms with Crippen LogP contribution in [0, 0.1) is 6.07 Å². The molecule has 37 heavy (non-hydrogen) atoms. The van der Waals surface area contributed by atoms with Gasteiger partial charge in [-0.1, -0.05) is 50.6 Å². The van der Waals surface area contributed by atoms with Crippen LogP contribution in [-0.4, -0.2) is 19.6 Å². The van der Waals surface area contributed by atoms with Gasteiger partial charge in [0.2, 0.25) is 5.88 Å². The molecular formula is C31H26N3O2Pt-. The molecule has 3 heterocycles. The number of para-hydroxylation sites is 1. The third-order valence-corrected chi connectivity index (χ3v) is 6.72. The molecule has 0 fully saturated rings. The molecule has 0 saturated carbocycles. The number of phenolic OH excluding ortho intramolecular Hbond substituents is 1. The zero-order valence-corrected chi connectivity index (χ0v) is 23.1. The first-order valence-corrected chi connectivity index (χ1v) is 12.2. The smallest absolute Gasteiger partial charge is 0.217 e. The van der Waals surface area contributed by atoms with E-state index in [2.05, 4.69) is 66.7 Å². The quantitative estimate of drug-likeness (QED) is 0.192. The van der Waals surface area contributed by atoms with Crippen molar-refractivity contribution in [2.24, 2.45) is 0 Å². The summed E-state index contributed by atoms with van der Waals surface area (Å²) in [6, 6.07) is 27.3. The van der Waals surface area contributed by atoms with Gasteiger partial charge < -0.3 is 14.4 Å². The summed E-state index contributed by atoms with van der Waals surface area (Å²) in [4.78, 5) is 9.30. The van der Waals surface area contributed by atoms with Crippen LogP contribution in [0.2, 0.25) is 0 Å². The van der Waals surface area contributed by atoms with Gasteiger partial charge in [-0.25, -0.2) is 9.97 Å². The van der Waals surface area contributed by atoms with Crippen molar-refractivity contribution in [3.8, 4) is 23.2 Å². The zero-order valence-electron chi connectivity index (χ0n) is 20.8.